The first-order valence-corrected chi connectivity index (χ1v) is 14.3. The Hall–Kier alpha value is -2.77. The van der Waals surface area contributed by atoms with Gasteiger partial charge in [-0.15, -0.1) is 5.48 Å². The van der Waals surface area contributed by atoms with Crippen LogP contribution in [-0.4, -0.2) is 48.0 Å². The summed E-state index contributed by atoms with van der Waals surface area (Å²) >= 11 is 0. The third-order valence-electron chi connectivity index (χ3n) is 7.76. The molecule has 1 saturated carbocycles. The molecule has 0 spiro atoms. The Labute approximate surface area is 233 Å². The van der Waals surface area contributed by atoms with E-state index in [1.165, 1.54) is 12.1 Å². The Kier molecular flexibility index (Phi) is 11.1. The highest BCUT2D eigenvalue weighted by Crippen LogP contribution is 2.35. The van der Waals surface area contributed by atoms with E-state index in [0.717, 1.165) is 63.7 Å². The second-order valence-corrected chi connectivity index (χ2v) is 12.2. The van der Waals surface area contributed by atoms with Gasteiger partial charge < -0.3 is 15.1 Å². The van der Waals surface area contributed by atoms with Gasteiger partial charge in [-0.25, -0.2) is 9.18 Å². The van der Waals surface area contributed by atoms with Crippen LogP contribution < -0.4 is 10.8 Å². The van der Waals surface area contributed by atoms with Gasteiger partial charge in [0.05, 0.1) is 11.1 Å². The molecule has 0 bridgehead atoms. The molecule has 3 atom stereocenters. The molecular formula is C32H46FN3O3. The Morgan fingerprint density at radius 2 is 1.77 bits per heavy atom. The van der Waals surface area contributed by atoms with Crippen molar-refractivity contribution in [2.45, 2.75) is 84.7 Å². The topological polar surface area (TPSA) is 70.7 Å². The van der Waals surface area contributed by atoms with E-state index in [2.05, 4.69) is 29.5 Å². The van der Waals surface area contributed by atoms with Gasteiger partial charge in [0, 0.05) is 18.0 Å². The third-order valence-corrected chi connectivity index (χ3v) is 7.76. The molecule has 0 aliphatic heterocycles. The summed E-state index contributed by atoms with van der Waals surface area (Å²) in [5.41, 5.74) is 3.91. The first kappa shape index (κ1) is 30.8. The number of carbonyl (C=O) groups excluding carboxylic acids is 2. The molecule has 214 valence electrons. The summed E-state index contributed by atoms with van der Waals surface area (Å²) in [4.78, 5) is 33.6. The molecule has 39 heavy (non-hydrogen) atoms. The number of hydroxylamine groups is 1. The first-order valence-electron chi connectivity index (χ1n) is 14.3. The number of aryl methyl sites for hydroxylation is 1. The number of rotatable bonds is 12. The number of benzene rings is 2. The lowest BCUT2D eigenvalue weighted by atomic mass is 9.72. The van der Waals surface area contributed by atoms with Crippen molar-refractivity contribution in [2.24, 2.45) is 11.3 Å². The third kappa shape index (κ3) is 9.43. The minimum atomic E-state index is -0.450. The fourth-order valence-corrected chi connectivity index (χ4v) is 5.22. The lowest BCUT2D eigenvalue weighted by Crippen LogP contribution is -2.59. The molecule has 3 rings (SSSR count). The summed E-state index contributed by atoms with van der Waals surface area (Å²) < 4.78 is 13.3. The van der Waals surface area contributed by atoms with Crippen LogP contribution in [0.3, 0.4) is 0 Å². The summed E-state index contributed by atoms with van der Waals surface area (Å²) in [5, 5.41) is 3.27. The normalized spacial score (nSPS) is 21.5. The smallest absolute Gasteiger partial charge is 0.356 e. The fourth-order valence-electron chi connectivity index (χ4n) is 5.22. The standard InChI is InChI=1S/C32H46FN3O3/c1-6-20-36(21-10-11-24-14-16-27(33)17-15-24)23-26-22-28(34-30(38)31(2,3)4)18-19-32(26,5)35-39-29(37)25-12-8-7-9-13-25/h7-9,12-17,26,28,35H,6,10-11,18-23H2,1-5H3,(H,34,38)/t26-,28+,32-/m0/s1. The molecular weight excluding hydrogens is 493 g/mol. The molecule has 2 aromatic carbocycles. The predicted octanol–water partition coefficient (Wildman–Crippen LogP) is 5.92. The van der Waals surface area contributed by atoms with Crippen LogP contribution in [0.15, 0.2) is 54.6 Å². The van der Waals surface area contributed by atoms with Crippen LogP contribution in [0.4, 0.5) is 4.39 Å². The van der Waals surface area contributed by atoms with E-state index in [1.54, 1.807) is 12.1 Å². The monoisotopic (exact) mass is 539 g/mol. The SMILES string of the molecule is CCCN(CCCc1ccc(F)cc1)C[C@@H]1C[C@H](NC(=O)C(C)(C)C)CC[C@]1(C)NOC(=O)c1ccccc1. The zero-order valence-corrected chi connectivity index (χ0v) is 24.3. The zero-order chi connectivity index (χ0) is 28.5. The maximum atomic E-state index is 13.3. The molecule has 0 saturated heterocycles. The van der Waals surface area contributed by atoms with Gasteiger partial charge in [-0.05, 0) is 94.3 Å². The number of carbonyl (C=O) groups is 2. The van der Waals surface area contributed by atoms with E-state index in [1.807, 2.05) is 51.1 Å². The van der Waals surface area contributed by atoms with Crippen LogP contribution in [0.2, 0.25) is 0 Å². The van der Waals surface area contributed by atoms with Gasteiger partial charge in [0.25, 0.3) is 0 Å². The van der Waals surface area contributed by atoms with Crippen molar-refractivity contribution in [3.8, 4) is 0 Å². The number of halogens is 1. The first-order chi connectivity index (χ1) is 18.5. The van der Waals surface area contributed by atoms with Crippen molar-refractivity contribution in [1.82, 2.24) is 15.7 Å². The van der Waals surface area contributed by atoms with Gasteiger partial charge in [0.1, 0.15) is 5.82 Å². The van der Waals surface area contributed by atoms with Gasteiger partial charge in [0.2, 0.25) is 5.91 Å². The van der Waals surface area contributed by atoms with Crippen molar-refractivity contribution < 1.29 is 18.8 Å². The predicted molar refractivity (Wildman–Crippen MR) is 154 cm³/mol. The summed E-state index contributed by atoms with van der Waals surface area (Å²) in [6, 6.07) is 15.8. The highest BCUT2D eigenvalue weighted by molar-refractivity contribution is 5.89. The van der Waals surface area contributed by atoms with E-state index in [-0.39, 0.29) is 23.7 Å². The number of nitrogens with zero attached hydrogens (tertiary/aromatic N) is 1. The molecule has 7 heteroatoms. The molecule has 2 aromatic rings. The van der Waals surface area contributed by atoms with E-state index < -0.39 is 16.9 Å². The molecule has 0 heterocycles. The van der Waals surface area contributed by atoms with Crippen LogP contribution in [0.25, 0.3) is 0 Å². The fraction of sp³-hybridized carbons (Fsp3) is 0.562. The molecule has 6 nitrogen and oxygen atoms in total. The summed E-state index contributed by atoms with van der Waals surface area (Å²) in [5.74, 6) is -0.402. The average Bonchev–Trinajstić information content (AvgIpc) is 2.90. The van der Waals surface area contributed by atoms with Gasteiger partial charge in [-0.2, -0.15) is 0 Å². The summed E-state index contributed by atoms with van der Waals surface area (Å²) in [7, 11) is 0. The molecule has 1 fully saturated rings. The van der Waals surface area contributed by atoms with Crippen LogP contribution in [0, 0.1) is 17.2 Å². The van der Waals surface area contributed by atoms with Crippen molar-refractivity contribution in [3.63, 3.8) is 0 Å². The number of nitrogens with one attached hydrogen (secondary N) is 2. The lowest BCUT2D eigenvalue weighted by Gasteiger charge is -2.46. The summed E-state index contributed by atoms with van der Waals surface area (Å²) in [6.07, 6.45) is 5.26. The van der Waals surface area contributed by atoms with Crippen LogP contribution >= 0.6 is 0 Å². The molecule has 0 radical (unpaired) electrons. The molecule has 1 aliphatic rings. The Morgan fingerprint density at radius 1 is 1.08 bits per heavy atom. The quantitative estimate of drug-likeness (QED) is 0.328. The second kappa shape index (κ2) is 14.0. The molecule has 2 N–H and O–H groups in total. The minimum absolute atomic E-state index is 0.0584. The summed E-state index contributed by atoms with van der Waals surface area (Å²) in [6.45, 7) is 12.8. The number of amides is 1. The Morgan fingerprint density at radius 3 is 2.41 bits per heavy atom. The van der Waals surface area contributed by atoms with Crippen molar-refractivity contribution in [1.29, 1.82) is 0 Å². The largest absolute Gasteiger partial charge is 0.366 e. The van der Waals surface area contributed by atoms with E-state index in [0.29, 0.717) is 5.56 Å². The van der Waals surface area contributed by atoms with Crippen molar-refractivity contribution in [2.75, 3.05) is 19.6 Å². The van der Waals surface area contributed by atoms with Gasteiger partial charge in [0.15, 0.2) is 0 Å². The molecule has 0 unspecified atom stereocenters. The molecule has 0 aromatic heterocycles. The van der Waals surface area contributed by atoms with Crippen molar-refractivity contribution >= 4 is 11.9 Å². The van der Waals surface area contributed by atoms with Gasteiger partial charge in [-0.1, -0.05) is 58.0 Å². The maximum absolute atomic E-state index is 13.3. The second-order valence-electron chi connectivity index (χ2n) is 12.2. The van der Waals surface area contributed by atoms with Crippen LogP contribution in [0.5, 0.6) is 0 Å². The molecule has 1 amide bonds. The van der Waals surface area contributed by atoms with Gasteiger partial charge >= 0.3 is 5.97 Å². The number of hydrogen-bond acceptors (Lipinski definition) is 5. The van der Waals surface area contributed by atoms with E-state index in [9.17, 15) is 14.0 Å². The minimum Gasteiger partial charge on any atom is -0.366 e. The molecule has 1 aliphatic carbocycles. The Bertz CT molecular complexity index is 1050. The number of hydrogen-bond donors (Lipinski definition) is 2. The van der Waals surface area contributed by atoms with Crippen LogP contribution in [-0.2, 0) is 16.1 Å². The van der Waals surface area contributed by atoms with Gasteiger partial charge in [-0.3, -0.25) is 4.79 Å². The van der Waals surface area contributed by atoms with E-state index >= 15 is 0 Å². The average molecular weight is 540 g/mol. The highest BCUT2D eigenvalue weighted by Gasteiger charge is 2.42. The Balaban J connectivity index is 1.69. The highest BCUT2D eigenvalue weighted by atomic mass is 19.1. The van der Waals surface area contributed by atoms with Crippen LogP contribution in [0.1, 0.15) is 82.6 Å². The maximum Gasteiger partial charge on any atom is 0.356 e. The zero-order valence-electron chi connectivity index (χ0n) is 24.3. The van der Waals surface area contributed by atoms with Crippen molar-refractivity contribution in [3.05, 3.63) is 71.5 Å². The lowest BCUT2D eigenvalue weighted by molar-refractivity contribution is -0.130. The van der Waals surface area contributed by atoms with E-state index in [4.69, 9.17) is 4.84 Å².